The third kappa shape index (κ3) is 5.97. The zero-order valence-corrected chi connectivity index (χ0v) is 18.4. The quantitative estimate of drug-likeness (QED) is 0.312. The van der Waals surface area contributed by atoms with E-state index in [1.165, 1.54) is 6.08 Å². The molecule has 4 nitrogen and oxygen atoms in total. The van der Waals surface area contributed by atoms with Crippen LogP contribution in [0.4, 0.5) is 11.4 Å². The van der Waals surface area contributed by atoms with Crippen LogP contribution in [-0.2, 0) is 4.79 Å². The number of rotatable bonds is 6. The lowest BCUT2D eigenvalue weighted by Gasteiger charge is -2.09. The van der Waals surface area contributed by atoms with Crippen LogP contribution in [0.15, 0.2) is 109 Å². The fourth-order valence-corrected chi connectivity index (χ4v) is 3.48. The lowest BCUT2D eigenvalue weighted by atomic mass is 10.0. The molecule has 4 rings (SSSR count). The van der Waals surface area contributed by atoms with Crippen LogP contribution in [0.2, 0.25) is 5.02 Å². The summed E-state index contributed by atoms with van der Waals surface area (Å²) in [7, 11) is 0. The van der Waals surface area contributed by atoms with Gasteiger partial charge in [-0.15, -0.1) is 0 Å². The summed E-state index contributed by atoms with van der Waals surface area (Å²) in [6, 6.07) is 31.9. The van der Waals surface area contributed by atoms with Gasteiger partial charge in [-0.3, -0.25) is 9.59 Å². The molecule has 0 aliphatic carbocycles. The molecule has 4 aromatic rings. The second-order valence-corrected chi connectivity index (χ2v) is 7.73. The zero-order valence-electron chi connectivity index (χ0n) is 17.7. The molecule has 0 bridgehead atoms. The number of hydrogen-bond donors (Lipinski definition) is 2. The molecule has 0 unspecified atom stereocenters. The maximum absolute atomic E-state index is 12.3. The summed E-state index contributed by atoms with van der Waals surface area (Å²) in [5.74, 6) is -0.533. The highest BCUT2D eigenvalue weighted by molar-refractivity contribution is 6.34. The largest absolute Gasteiger partial charge is 0.322 e. The van der Waals surface area contributed by atoms with Gasteiger partial charge < -0.3 is 10.6 Å². The van der Waals surface area contributed by atoms with Gasteiger partial charge in [0.15, 0.2) is 0 Å². The summed E-state index contributed by atoms with van der Waals surface area (Å²) in [6.07, 6.45) is 3.22. The fraction of sp³-hybridized carbons (Fsp3) is 0. The first-order chi connectivity index (χ1) is 16.1. The summed E-state index contributed by atoms with van der Waals surface area (Å²) in [5, 5.41) is 5.88. The number of benzene rings is 4. The second-order valence-electron chi connectivity index (χ2n) is 7.33. The van der Waals surface area contributed by atoms with Gasteiger partial charge in [-0.1, -0.05) is 84.4 Å². The molecule has 0 aliphatic rings. The highest BCUT2D eigenvalue weighted by Crippen LogP contribution is 2.26. The van der Waals surface area contributed by atoms with E-state index in [-0.39, 0.29) is 11.8 Å². The van der Waals surface area contributed by atoms with Gasteiger partial charge in [-0.05, 0) is 53.1 Å². The van der Waals surface area contributed by atoms with E-state index in [2.05, 4.69) is 22.8 Å². The molecule has 5 heteroatoms. The molecule has 4 aromatic carbocycles. The van der Waals surface area contributed by atoms with Crippen molar-refractivity contribution < 1.29 is 9.59 Å². The third-order valence-corrected chi connectivity index (χ3v) is 5.28. The Morgan fingerprint density at radius 2 is 1.33 bits per heavy atom. The Bertz CT molecular complexity index is 1280. The van der Waals surface area contributed by atoms with Gasteiger partial charge in [0, 0.05) is 17.3 Å². The van der Waals surface area contributed by atoms with E-state index in [4.69, 9.17) is 11.6 Å². The average Bonchev–Trinajstić information content (AvgIpc) is 2.86. The van der Waals surface area contributed by atoms with Crippen LogP contribution < -0.4 is 10.6 Å². The molecule has 0 aliphatic heterocycles. The van der Waals surface area contributed by atoms with E-state index >= 15 is 0 Å². The molecule has 0 spiro atoms. The van der Waals surface area contributed by atoms with E-state index in [1.54, 1.807) is 48.5 Å². The maximum Gasteiger partial charge on any atom is 0.255 e. The summed E-state index contributed by atoms with van der Waals surface area (Å²) in [4.78, 5) is 24.6. The van der Waals surface area contributed by atoms with Crippen molar-refractivity contribution in [1.29, 1.82) is 0 Å². The lowest BCUT2D eigenvalue weighted by Crippen LogP contribution is -2.12. The van der Waals surface area contributed by atoms with Crippen LogP contribution in [0.1, 0.15) is 15.9 Å². The maximum atomic E-state index is 12.3. The number of nitrogens with one attached hydrogen (secondary N) is 2. The van der Waals surface area contributed by atoms with E-state index in [0.29, 0.717) is 22.0 Å². The number of amides is 2. The number of hydrogen-bond acceptors (Lipinski definition) is 2. The van der Waals surface area contributed by atoms with Gasteiger partial charge in [0.05, 0.1) is 10.7 Å². The molecule has 2 N–H and O–H groups in total. The monoisotopic (exact) mass is 452 g/mol. The topological polar surface area (TPSA) is 58.2 Å². The zero-order chi connectivity index (χ0) is 23.0. The minimum absolute atomic E-state index is 0.254. The SMILES string of the molecule is O=C(/C=C/c1ccc(-c2ccccc2)cc1)Nc1ccc(NC(=O)c2ccccc2)c(Cl)c1. The summed E-state index contributed by atoms with van der Waals surface area (Å²) < 4.78 is 0. The molecule has 0 atom stereocenters. The molecule has 0 saturated heterocycles. The van der Waals surface area contributed by atoms with Gasteiger partial charge in [0.2, 0.25) is 5.91 Å². The third-order valence-electron chi connectivity index (χ3n) is 4.97. The van der Waals surface area contributed by atoms with Gasteiger partial charge in [0.1, 0.15) is 0 Å². The Morgan fingerprint density at radius 1 is 0.697 bits per heavy atom. The number of anilines is 2. The predicted octanol–water partition coefficient (Wildman–Crippen LogP) is 6.91. The molecule has 162 valence electrons. The lowest BCUT2D eigenvalue weighted by molar-refractivity contribution is -0.111. The van der Waals surface area contributed by atoms with Crippen molar-refractivity contribution in [1.82, 2.24) is 0 Å². The van der Waals surface area contributed by atoms with Crippen LogP contribution >= 0.6 is 11.6 Å². The first-order valence-electron chi connectivity index (χ1n) is 10.4. The van der Waals surface area contributed by atoms with Crippen molar-refractivity contribution in [3.05, 3.63) is 125 Å². The van der Waals surface area contributed by atoms with Crippen LogP contribution in [0.3, 0.4) is 0 Å². The molecular weight excluding hydrogens is 432 g/mol. The van der Waals surface area contributed by atoms with Crippen molar-refractivity contribution in [2.75, 3.05) is 10.6 Å². The summed E-state index contributed by atoms with van der Waals surface area (Å²) in [6.45, 7) is 0. The first-order valence-corrected chi connectivity index (χ1v) is 10.8. The molecule has 33 heavy (non-hydrogen) atoms. The van der Waals surface area contributed by atoms with Gasteiger partial charge in [0.25, 0.3) is 5.91 Å². The van der Waals surface area contributed by atoms with Crippen molar-refractivity contribution in [2.45, 2.75) is 0 Å². The Kier molecular flexibility index (Phi) is 6.98. The van der Waals surface area contributed by atoms with Gasteiger partial charge >= 0.3 is 0 Å². The Balaban J connectivity index is 1.36. The van der Waals surface area contributed by atoms with E-state index in [9.17, 15) is 9.59 Å². The average molecular weight is 453 g/mol. The summed E-state index contributed by atoms with van der Waals surface area (Å²) >= 11 is 6.30. The van der Waals surface area contributed by atoms with Crippen molar-refractivity contribution in [3.8, 4) is 11.1 Å². The predicted molar refractivity (Wildman–Crippen MR) is 135 cm³/mol. The number of halogens is 1. The van der Waals surface area contributed by atoms with Crippen LogP contribution in [0.5, 0.6) is 0 Å². The highest BCUT2D eigenvalue weighted by atomic mass is 35.5. The Labute approximate surface area is 197 Å². The summed E-state index contributed by atoms with van der Waals surface area (Å²) in [5.41, 5.74) is 4.72. The van der Waals surface area contributed by atoms with E-state index in [0.717, 1.165) is 16.7 Å². The standard InChI is InChI=1S/C28H21ClN2O2/c29-25-19-24(16-17-26(25)31-28(33)23-9-5-2-6-10-23)30-27(32)18-13-20-11-14-22(15-12-20)21-7-3-1-4-8-21/h1-19H,(H,30,32)(H,31,33)/b18-13+. The van der Waals surface area contributed by atoms with Crippen molar-refractivity contribution >= 4 is 40.9 Å². The van der Waals surface area contributed by atoms with Crippen LogP contribution in [-0.4, -0.2) is 11.8 Å². The van der Waals surface area contributed by atoms with Crippen molar-refractivity contribution in [3.63, 3.8) is 0 Å². The van der Waals surface area contributed by atoms with Gasteiger partial charge in [-0.25, -0.2) is 0 Å². The van der Waals surface area contributed by atoms with Gasteiger partial charge in [-0.2, -0.15) is 0 Å². The normalized spacial score (nSPS) is 10.7. The minimum Gasteiger partial charge on any atom is -0.322 e. The molecule has 0 fully saturated rings. The second kappa shape index (κ2) is 10.4. The highest BCUT2D eigenvalue weighted by Gasteiger charge is 2.09. The number of carbonyl (C=O) groups excluding carboxylic acids is 2. The fourth-order valence-electron chi connectivity index (χ4n) is 3.25. The molecular formula is C28H21ClN2O2. The molecule has 0 heterocycles. The first kappa shape index (κ1) is 22.1. The Hall–Kier alpha value is -4.15. The van der Waals surface area contributed by atoms with Crippen molar-refractivity contribution in [2.24, 2.45) is 0 Å². The van der Waals surface area contributed by atoms with E-state index in [1.807, 2.05) is 48.5 Å². The van der Waals surface area contributed by atoms with E-state index < -0.39 is 0 Å². The Morgan fingerprint density at radius 3 is 2.00 bits per heavy atom. The molecule has 0 saturated carbocycles. The van der Waals surface area contributed by atoms with Crippen LogP contribution in [0, 0.1) is 0 Å². The molecule has 2 amide bonds. The minimum atomic E-state index is -0.278. The molecule has 0 aromatic heterocycles. The number of carbonyl (C=O) groups is 2. The molecule has 0 radical (unpaired) electrons. The van der Waals surface area contributed by atoms with Crippen LogP contribution in [0.25, 0.3) is 17.2 Å². The smallest absolute Gasteiger partial charge is 0.255 e.